The van der Waals surface area contributed by atoms with E-state index in [4.69, 9.17) is 15.9 Å². The van der Waals surface area contributed by atoms with Crippen LogP contribution in [0.3, 0.4) is 0 Å². The zero-order valence-corrected chi connectivity index (χ0v) is 19.1. The van der Waals surface area contributed by atoms with Crippen molar-refractivity contribution in [2.24, 2.45) is 5.73 Å². The first-order valence-electron chi connectivity index (χ1n) is 10.4. The summed E-state index contributed by atoms with van der Waals surface area (Å²) in [6.07, 6.45) is 2.02. The molecule has 0 saturated carbocycles. The van der Waals surface area contributed by atoms with Gasteiger partial charge in [-0.3, -0.25) is 29.8 Å². The normalized spacial score (nSPS) is 12.8. The molecule has 3 rings (SSSR count). The maximum atomic E-state index is 11.2. The van der Waals surface area contributed by atoms with Crippen LogP contribution in [0.2, 0.25) is 0 Å². The number of nitro benzene ring substituents is 2. The highest BCUT2D eigenvalue weighted by atomic mass is 16.6. The third kappa shape index (κ3) is 8.81. The lowest BCUT2D eigenvalue weighted by molar-refractivity contribution is -0.385. The van der Waals surface area contributed by atoms with E-state index in [-0.39, 0.29) is 34.5 Å². The van der Waals surface area contributed by atoms with E-state index in [2.05, 4.69) is 0 Å². The molecule has 14 heteroatoms. The van der Waals surface area contributed by atoms with Gasteiger partial charge in [0.15, 0.2) is 0 Å². The van der Waals surface area contributed by atoms with E-state index < -0.39 is 27.7 Å². The Morgan fingerprint density at radius 2 is 1.42 bits per heavy atom. The van der Waals surface area contributed by atoms with Gasteiger partial charge < -0.3 is 20.8 Å². The summed E-state index contributed by atoms with van der Waals surface area (Å²) in [6, 6.07) is 9.40. The number of nitro groups is 2. The third-order valence-electron chi connectivity index (χ3n) is 4.81. The Balaban J connectivity index is 0.000000270. The van der Waals surface area contributed by atoms with Gasteiger partial charge >= 0.3 is 11.9 Å². The molecule has 2 amide bonds. The molecule has 1 saturated heterocycles. The first kappa shape index (κ1) is 29.2. The Hall–Kier alpha value is -4.88. The Kier molecular flexibility index (Phi) is 11.1. The molecule has 1 heterocycles. The number of nitrogens with zero attached hydrogens (tertiary/aromatic N) is 3. The molecule has 0 unspecified atom stereocenters. The van der Waals surface area contributed by atoms with Crippen molar-refractivity contribution in [3.63, 3.8) is 0 Å². The number of hydrogen-bond donors (Lipinski definition) is 3. The van der Waals surface area contributed by atoms with Crippen molar-refractivity contribution in [2.75, 3.05) is 6.54 Å². The number of rotatable bonds is 7. The van der Waals surface area contributed by atoms with Crippen molar-refractivity contribution in [1.29, 1.82) is 0 Å². The van der Waals surface area contributed by atoms with Crippen molar-refractivity contribution in [3.8, 4) is 0 Å². The number of carboxylic acids is 2. The Bertz CT molecular complexity index is 1030. The average Bonchev–Trinajstić information content (AvgIpc) is 3.25. The molecule has 2 aromatic carbocycles. The lowest BCUT2D eigenvalue weighted by Gasteiger charge is -2.23. The van der Waals surface area contributed by atoms with Crippen molar-refractivity contribution in [2.45, 2.75) is 32.2 Å². The van der Waals surface area contributed by atoms with Crippen LogP contribution >= 0.6 is 0 Å². The predicted octanol–water partition coefficient (Wildman–Crippen LogP) is 2.46. The van der Waals surface area contributed by atoms with E-state index in [9.17, 15) is 39.4 Å². The predicted molar refractivity (Wildman–Crippen MR) is 124 cm³/mol. The molecule has 0 radical (unpaired) electrons. The van der Waals surface area contributed by atoms with Crippen LogP contribution in [0.1, 0.15) is 46.9 Å². The third-order valence-corrected chi connectivity index (χ3v) is 4.81. The van der Waals surface area contributed by atoms with Crippen molar-refractivity contribution >= 4 is 35.1 Å². The zero-order valence-electron chi connectivity index (χ0n) is 19.1. The summed E-state index contributed by atoms with van der Waals surface area (Å²) in [5.74, 6) is -2.68. The number of non-ortho nitro benzene ring substituents is 2. The first-order valence-corrected chi connectivity index (χ1v) is 10.4. The maximum Gasteiger partial charge on any atom is 0.335 e. The van der Waals surface area contributed by atoms with Crippen molar-refractivity contribution in [1.82, 2.24) is 4.90 Å². The largest absolute Gasteiger partial charge is 0.478 e. The Morgan fingerprint density at radius 1 is 0.972 bits per heavy atom. The van der Waals surface area contributed by atoms with E-state index in [1.54, 1.807) is 4.90 Å². The van der Waals surface area contributed by atoms with Crippen LogP contribution in [0.25, 0.3) is 0 Å². The average molecular weight is 504 g/mol. The van der Waals surface area contributed by atoms with Gasteiger partial charge in [-0.25, -0.2) is 9.59 Å². The second-order valence-corrected chi connectivity index (χ2v) is 7.24. The fourth-order valence-electron chi connectivity index (χ4n) is 3.08. The minimum absolute atomic E-state index is 0.0562. The van der Waals surface area contributed by atoms with Gasteiger partial charge in [0.1, 0.15) is 6.04 Å². The number of likely N-dealkylation sites (tertiary alicyclic amines) is 1. The molecule has 4 N–H and O–H groups in total. The minimum Gasteiger partial charge on any atom is -0.478 e. The molecule has 192 valence electrons. The summed E-state index contributed by atoms with van der Waals surface area (Å²) in [5, 5.41) is 37.3. The number of carbonyl (C=O) groups excluding carboxylic acids is 2. The molecule has 1 aliphatic rings. The topological polar surface area (TPSA) is 224 Å². The first-order chi connectivity index (χ1) is 16.9. The fourth-order valence-corrected chi connectivity index (χ4v) is 3.08. The van der Waals surface area contributed by atoms with Gasteiger partial charge in [0.2, 0.25) is 11.8 Å². The van der Waals surface area contributed by atoms with Crippen LogP contribution in [0.15, 0.2) is 48.5 Å². The summed E-state index contributed by atoms with van der Waals surface area (Å²) in [5.41, 5.74) is 4.57. The lowest BCUT2D eigenvalue weighted by atomic mass is 10.2. The number of primary amides is 1. The van der Waals surface area contributed by atoms with Gasteiger partial charge in [0, 0.05) is 37.2 Å². The number of carboxylic acid groups (broad SMARTS) is 2. The van der Waals surface area contributed by atoms with Crippen LogP contribution in [-0.4, -0.2) is 61.3 Å². The molecule has 14 nitrogen and oxygen atoms in total. The van der Waals surface area contributed by atoms with Crippen LogP contribution in [0, 0.1) is 20.2 Å². The number of amides is 2. The van der Waals surface area contributed by atoms with E-state index in [0.717, 1.165) is 18.6 Å². The second kappa shape index (κ2) is 13.7. The Morgan fingerprint density at radius 3 is 1.69 bits per heavy atom. The van der Waals surface area contributed by atoms with E-state index >= 15 is 0 Å². The molecule has 1 aliphatic heterocycles. The molecule has 0 bridgehead atoms. The summed E-state index contributed by atoms with van der Waals surface area (Å²) in [6.45, 7) is 2.54. The molecule has 1 fully saturated rings. The Labute approximate surface area is 204 Å². The minimum atomic E-state index is -1.17. The van der Waals surface area contributed by atoms with E-state index in [0.29, 0.717) is 19.4 Å². The van der Waals surface area contributed by atoms with E-state index in [1.165, 1.54) is 36.4 Å². The summed E-state index contributed by atoms with van der Waals surface area (Å²) in [7, 11) is 0. The standard InChI is InChI=1S/C8H14N2O2.2C7H5NO4/c1-2-6(8(9)12)10-5-3-4-7(10)11;2*9-7(10)5-2-1-3-6(4-5)8(11)12/h6H,2-5H2,1H3,(H2,9,12);2*1-4H,(H,9,10)/t6-;;/m0../s1. The highest BCUT2D eigenvalue weighted by Crippen LogP contribution is 2.15. The van der Waals surface area contributed by atoms with Crippen LogP contribution in [0.5, 0.6) is 0 Å². The monoisotopic (exact) mass is 504 g/mol. The summed E-state index contributed by atoms with van der Waals surface area (Å²) >= 11 is 0. The molecular formula is C22H24N4O10. The smallest absolute Gasteiger partial charge is 0.335 e. The maximum absolute atomic E-state index is 11.2. The SMILES string of the molecule is CC[C@@H](C(N)=O)N1CCCC1=O.O=C(O)c1cccc([N+](=O)[O-])c1.O=C(O)c1cccc([N+](=O)[O-])c1. The highest BCUT2D eigenvalue weighted by molar-refractivity contribution is 5.89. The quantitative estimate of drug-likeness (QED) is 0.368. The fraction of sp³-hybridized carbons (Fsp3) is 0.273. The number of benzene rings is 2. The highest BCUT2D eigenvalue weighted by Gasteiger charge is 2.29. The summed E-state index contributed by atoms with van der Waals surface area (Å²) < 4.78 is 0. The van der Waals surface area contributed by atoms with Crippen LogP contribution in [0.4, 0.5) is 11.4 Å². The number of aromatic carboxylic acids is 2. The number of nitrogens with two attached hydrogens (primary N) is 1. The molecular weight excluding hydrogens is 480 g/mol. The molecule has 0 spiro atoms. The van der Waals surface area contributed by atoms with Gasteiger partial charge in [0.25, 0.3) is 11.4 Å². The van der Waals surface area contributed by atoms with Crippen LogP contribution in [-0.2, 0) is 9.59 Å². The zero-order chi connectivity index (χ0) is 27.4. The molecule has 0 aliphatic carbocycles. The molecule has 36 heavy (non-hydrogen) atoms. The van der Waals surface area contributed by atoms with E-state index in [1.807, 2.05) is 6.92 Å². The number of hydrogen-bond acceptors (Lipinski definition) is 8. The summed E-state index contributed by atoms with van der Waals surface area (Å²) in [4.78, 5) is 63.5. The van der Waals surface area contributed by atoms with Crippen LogP contribution < -0.4 is 5.73 Å². The molecule has 1 atom stereocenters. The van der Waals surface area contributed by atoms with Gasteiger partial charge in [-0.1, -0.05) is 19.1 Å². The lowest BCUT2D eigenvalue weighted by Crippen LogP contribution is -2.44. The molecule has 0 aromatic heterocycles. The molecule has 2 aromatic rings. The van der Waals surface area contributed by atoms with Gasteiger partial charge in [-0.05, 0) is 25.0 Å². The van der Waals surface area contributed by atoms with Gasteiger partial charge in [0.05, 0.1) is 21.0 Å². The number of carbonyl (C=O) groups is 4. The van der Waals surface area contributed by atoms with Gasteiger partial charge in [-0.2, -0.15) is 0 Å². The van der Waals surface area contributed by atoms with Crippen molar-refractivity contribution < 1.29 is 39.2 Å². The second-order valence-electron chi connectivity index (χ2n) is 7.24. The van der Waals surface area contributed by atoms with Gasteiger partial charge in [-0.15, -0.1) is 0 Å². The van der Waals surface area contributed by atoms with Crippen molar-refractivity contribution in [3.05, 3.63) is 79.9 Å².